The van der Waals surface area contributed by atoms with Crippen LogP contribution in [0.1, 0.15) is 37.3 Å². The Morgan fingerprint density at radius 1 is 1.04 bits per heavy atom. The molecule has 2 aliphatic rings. The molecule has 0 aromatic heterocycles. The van der Waals surface area contributed by atoms with Crippen LogP contribution in [-0.2, 0) is 24.6 Å². The highest BCUT2D eigenvalue weighted by Gasteiger charge is 2.79. The summed E-state index contributed by atoms with van der Waals surface area (Å²) in [5, 5.41) is 0. The maximum absolute atomic E-state index is 13.4. The molecule has 0 unspecified atom stereocenters. The number of carbonyl (C=O) groups is 2. The van der Waals surface area contributed by atoms with Crippen LogP contribution in [0, 0.1) is 5.41 Å². The lowest BCUT2D eigenvalue weighted by Crippen LogP contribution is -2.64. The van der Waals surface area contributed by atoms with Crippen LogP contribution in [0.3, 0.4) is 0 Å². The van der Waals surface area contributed by atoms with Gasteiger partial charge in [0.2, 0.25) is 5.78 Å². The molecule has 1 aliphatic heterocycles. The van der Waals surface area contributed by atoms with Gasteiger partial charge in [0.15, 0.2) is 5.41 Å². The van der Waals surface area contributed by atoms with Crippen molar-refractivity contribution < 1.29 is 19.1 Å². The Morgan fingerprint density at radius 3 is 2.29 bits per heavy atom. The van der Waals surface area contributed by atoms with Crippen molar-refractivity contribution in [2.45, 2.75) is 31.7 Å². The standard InChI is InChI=1S/C23H23NO4/c1-3-27-20-19(25)22(21(26)28-4-2)15-18(16-11-7-5-8-12-16)23(22,24-20)17-13-9-6-10-14-17/h5-14,18H,3-4,15H2,1-2H3/t18-,22+,23+/m1/s1. The molecule has 0 spiro atoms. The minimum absolute atomic E-state index is 0.0258. The molecule has 0 amide bonds. The molecule has 3 atom stereocenters. The van der Waals surface area contributed by atoms with Gasteiger partial charge in [-0.1, -0.05) is 60.7 Å². The Hall–Kier alpha value is -2.95. The first-order chi connectivity index (χ1) is 13.6. The van der Waals surface area contributed by atoms with Crippen LogP contribution in [0.15, 0.2) is 65.7 Å². The van der Waals surface area contributed by atoms with E-state index < -0.39 is 16.9 Å². The Labute approximate surface area is 164 Å². The summed E-state index contributed by atoms with van der Waals surface area (Å²) in [6.07, 6.45) is 0.351. The number of esters is 1. The Morgan fingerprint density at radius 2 is 1.68 bits per heavy atom. The molecule has 28 heavy (non-hydrogen) atoms. The first-order valence-electron chi connectivity index (χ1n) is 9.67. The second-order valence-corrected chi connectivity index (χ2v) is 7.10. The highest BCUT2D eigenvalue weighted by molar-refractivity contribution is 6.45. The van der Waals surface area contributed by atoms with Crippen LogP contribution in [0.4, 0.5) is 0 Å². The number of rotatable bonds is 5. The molecule has 1 saturated carbocycles. The topological polar surface area (TPSA) is 65.0 Å². The third-order valence-corrected chi connectivity index (χ3v) is 5.85. The number of aliphatic imine (C=N–C) groups is 1. The molecule has 1 aliphatic carbocycles. The number of nitrogens with zero attached hydrogens (tertiary/aromatic N) is 1. The molecule has 1 heterocycles. The fourth-order valence-corrected chi connectivity index (χ4v) is 4.68. The summed E-state index contributed by atoms with van der Waals surface area (Å²) in [6.45, 7) is 4.07. The highest BCUT2D eigenvalue weighted by atomic mass is 16.5. The summed E-state index contributed by atoms with van der Waals surface area (Å²) < 4.78 is 11.0. The van der Waals surface area contributed by atoms with Crippen molar-refractivity contribution in [3.63, 3.8) is 0 Å². The number of ether oxygens (including phenoxy) is 2. The Balaban J connectivity index is 1.95. The normalized spacial score (nSPS) is 28.1. The number of hydrogen-bond donors (Lipinski definition) is 0. The fraction of sp³-hybridized carbons (Fsp3) is 0.348. The van der Waals surface area contributed by atoms with E-state index in [2.05, 4.69) is 0 Å². The average molecular weight is 377 g/mol. The van der Waals surface area contributed by atoms with Crippen LogP contribution in [0.5, 0.6) is 0 Å². The summed E-state index contributed by atoms with van der Waals surface area (Å²) in [5.41, 5.74) is -0.564. The van der Waals surface area contributed by atoms with Crippen molar-refractivity contribution in [2.75, 3.05) is 13.2 Å². The summed E-state index contributed by atoms with van der Waals surface area (Å²) >= 11 is 0. The smallest absolute Gasteiger partial charge is 0.323 e. The molecule has 4 rings (SSSR count). The van der Waals surface area contributed by atoms with E-state index in [0.29, 0.717) is 13.0 Å². The number of Topliss-reactive ketones (excluding diaryl/α,β-unsaturated/α-hetero) is 1. The van der Waals surface area contributed by atoms with Gasteiger partial charge in [0, 0.05) is 5.92 Å². The highest BCUT2D eigenvalue weighted by Crippen LogP contribution is 2.70. The quantitative estimate of drug-likeness (QED) is 0.589. The van der Waals surface area contributed by atoms with Crippen LogP contribution in [-0.4, -0.2) is 30.9 Å². The van der Waals surface area contributed by atoms with Gasteiger partial charge in [-0.2, -0.15) is 0 Å². The van der Waals surface area contributed by atoms with Gasteiger partial charge in [-0.25, -0.2) is 4.99 Å². The van der Waals surface area contributed by atoms with Gasteiger partial charge >= 0.3 is 5.97 Å². The lowest BCUT2D eigenvalue weighted by molar-refractivity contribution is -0.174. The largest absolute Gasteiger partial charge is 0.476 e. The molecule has 1 fully saturated rings. The van der Waals surface area contributed by atoms with Gasteiger partial charge in [0.25, 0.3) is 5.90 Å². The van der Waals surface area contributed by atoms with Crippen molar-refractivity contribution >= 4 is 17.7 Å². The van der Waals surface area contributed by atoms with Crippen molar-refractivity contribution in [3.05, 3.63) is 71.8 Å². The predicted octanol–water partition coefficient (Wildman–Crippen LogP) is 3.64. The van der Waals surface area contributed by atoms with Crippen LogP contribution < -0.4 is 0 Å². The molecular weight excluding hydrogens is 354 g/mol. The second kappa shape index (κ2) is 6.89. The molecule has 2 aromatic carbocycles. The summed E-state index contributed by atoms with van der Waals surface area (Å²) in [6, 6.07) is 19.5. The zero-order chi connectivity index (χ0) is 19.8. The van der Waals surface area contributed by atoms with Crippen LogP contribution in [0.25, 0.3) is 0 Å². The average Bonchev–Trinajstić information content (AvgIpc) is 2.89. The Kier molecular flexibility index (Phi) is 4.53. The van der Waals surface area contributed by atoms with E-state index in [1.165, 1.54) is 0 Å². The zero-order valence-corrected chi connectivity index (χ0v) is 16.1. The van der Waals surface area contributed by atoms with Crippen LogP contribution in [0.2, 0.25) is 0 Å². The van der Waals surface area contributed by atoms with E-state index in [0.717, 1.165) is 11.1 Å². The van der Waals surface area contributed by atoms with E-state index in [9.17, 15) is 9.59 Å². The van der Waals surface area contributed by atoms with E-state index in [4.69, 9.17) is 14.5 Å². The minimum Gasteiger partial charge on any atom is -0.476 e. The molecule has 144 valence electrons. The maximum atomic E-state index is 13.4. The van der Waals surface area contributed by atoms with Gasteiger partial charge < -0.3 is 9.47 Å². The Bertz CT molecular complexity index is 924. The first-order valence-corrected chi connectivity index (χ1v) is 9.67. The van der Waals surface area contributed by atoms with E-state index >= 15 is 0 Å². The monoisotopic (exact) mass is 377 g/mol. The van der Waals surface area contributed by atoms with Crippen molar-refractivity contribution in [1.82, 2.24) is 0 Å². The third kappa shape index (κ3) is 2.28. The van der Waals surface area contributed by atoms with Crippen molar-refractivity contribution in [3.8, 4) is 0 Å². The SMILES string of the molecule is CCOC(=O)[C@@]12C[C@H](c3ccccc3)[C@]1(c1ccccc1)N=C(OCC)C2=O. The molecule has 0 N–H and O–H groups in total. The second-order valence-electron chi connectivity index (χ2n) is 7.10. The first kappa shape index (κ1) is 18.4. The predicted molar refractivity (Wildman–Crippen MR) is 105 cm³/mol. The summed E-state index contributed by atoms with van der Waals surface area (Å²) in [4.78, 5) is 31.4. The number of carbonyl (C=O) groups excluding carboxylic acids is 2. The van der Waals surface area contributed by atoms with Crippen molar-refractivity contribution in [2.24, 2.45) is 10.4 Å². The van der Waals surface area contributed by atoms with Gasteiger partial charge in [0.1, 0.15) is 5.54 Å². The minimum atomic E-state index is -1.38. The van der Waals surface area contributed by atoms with Crippen molar-refractivity contribution in [1.29, 1.82) is 0 Å². The van der Waals surface area contributed by atoms with Gasteiger partial charge in [-0.3, -0.25) is 9.59 Å². The van der Waals surface area contributed by atoms with Crippen LogP contribution >= 0.6 is 0 Å². The third-order valence-electron chi connectivity index (χ3n) is 5.85. The summed E-state index contributed by atoms with van der Waals surface area (Å²) in [7, 11) is 0. The molecule has 2 aromatic rings. The molecule has 5 heteroatoms. The van der Waals surface area contributed by atoms with Gasteiger partial charge in [0.05, 0.1) is 13.2 Å². The van der Waals surface area contributed by atoms with E-state index in [1.807, 2.05) is 60.7 Å². The lowest BCUT2D eigenvalue weighted by Gasteiger charge is -2.56. The number of fused-ring (bicyclic) bond motifs is 1. The molecular formula is C23H23NO4. The molecule has 0 bridgehead atoms. The lowest BCUT2D eigenvalue weighted by atomic mass is 9.45. The van der Waals surface area contributed by atoms with E-state index in [-0.39, 0.29) is 24.2 Å². The summed E-state index contributed by atoms with van der Waals surface area (Å²) in [5.74, 6) is -0.987. The maximum Gasteiger partial charge on any atom is 0.323 e. The number of benzene rings is 2. The molecule has 5 nitrogen and oxygen atoms in total. The van der Waals surface area contributed by atoms with Gasteiger partial charge in [-0.15, -0.1) is 0 Å². The number of hydrogen-bond acceptors (Lipinski definition) is 5. The van der Waals surface area contributed by atoms with Gasteiger partial charge in [-0.05, 0) is 31.4 Å². The van der Waals surface area contributed by atoms with E-state index in [1.54, 1.807) is 13.8 Å². The number of ketones is 1. The molecule has 0 saturated heterocycles. The fourth-order valence-electron chi connectivity index (χ4n) is 4.68. The zero-order valence-electron chi connectivity index (χ0n) is 16.1. The molecule has 0 radical (unpaired) electrons.